The van der Waals surface area contributed by atoms with Crippen LogP contribution in [0.5, 0.6) is 0 Å². The first-order valence-corrected chi connectivity index (χ1v) is 7.34. The molecular formula is C17H20N2O2. The standard InChI is InChI=1S/C17H20N2O2/c20-17(21)9-4-2-1-3-7-14-10-12-19-16(13-14)15-8-5-6-11-18-15/h5-6,8,10-13H,1-4,7,9H2,(H,20,21). The molecule has 0 bridgehead atoms. The second-order valence-corrected chi connectivity index (χ2v) is 5.07. The number of carboxylic acid groups (broad SMARTS) is 1. The zero-order valence-corrected chi connectivity index (χ0v) is 12.0. The normalized spacial score (nSPS) is 10.5. The van der Waals surface area contributed by atoms with Crippen LogP contribution in [0.25, 0.3) is 11.4 Å². The first-order chi connectivity index (χ1) is 10.3. The zero-order valence-electron chi connectivity index (χ0n) is 12.0. The number of hydrogen-bond donors (Lipinski definition) is 1. The van der Waals surface area contributed by atoms with E-state index in [0.29, 0.717) is 0 Å². The summed E-state index contributed by atoms with van der Waals surface area (Å²) in [4.78, 5) is 19.1. The van der Waals surface area contributed by atoms with E-state index in [-0.39, 0.29) is 6.42 Å². The van der Waals surface area contributed by atoms with E-state index in [1.165, 1.54) is 5.56 Å². The molecule has 2 aromatic rings. The Balaban J connectivity index is 1.81. The van der Waals surface area contributed by atoms with Crippen LogP contribution in [0.2, 0.25) is 0 Å². The number of carbonyl (C=O) groups is 1. The maximum absolute atomic E-state index is 10.4. The van der Waals surface area contributed by atoms with Crippen molar-refractivity contribution in [2.24, 2.45) is 0 Å². The molecule has 0 aliphatic heterocycles. The number of unbranched alkanes of at least 4 members (excludes halogenated alkanes) is 3. The lowest BCUT2D eigenvalue weighted by Gasteiger charge is -2.04. The number of aromatic nitrogens is 2. The van der Waals surface area contributed by atoms with Crippen LogP contribution in [-0.2, 0) is 11.2 Å². The molecule has 0 aliphatic rings. The summed E-state index contributed by atoms with van der Waals surface area (Å²) in [6.45, 7) is 0. The van der Waals surface area contributed by atoms with E-state index < -0.39 is 5.97 Å². The van der Waals surface area contributed by atoms with Gasteiger partial charge in [-0.25, -0.2) is 0 Å². The van der Waals surface area contributed by atoms with Crippen LogP contribution < -0.4 is 0 Å². The van der Waals surface area contributed by atoms with Crippen molar-refractivity contribution in [1.82, 2.24) is 9.97 Å². The molecule has 0 saturated heterocycles. The molecule has 2 heterocycles. The highest BCUT2D eigenvalue weighted by atomic mass is 16.4. The molecule has 0 amide bonds. The first-order valence-electron chi connectivity index (χ1n) is 7.34. The van der Waals surface area contributed by atoms with E-state index >= 15 is 0 Å². The van der Waals surface area contributed by atoms with Gasteiger partial charge in [-0.05, 0) is 49.1 Å². The Kier molecular flexibility index (Phi) is 5.88. The SMILES string of the molecule is O=C(O)CCCCCCc1ccnc(-c2ccccn2)c1. The number of carboxylic acids is 1. The van der Waals surface area contributed by atoms with E-state index in [1.807, 2.05) is 30.5 Å². The topological polar surface area (TPSA) is 63.1 Å². The predicted molar refractivity (Wildman–Crippen MR) is 81.9 cm³/mol. The summed E-state index contributed by atoms with van der Waals surface area (Å²) >= 11 is 0. The Hall–Kier alpha value is -2.23. The van der Waals surface area contributed by atoms with Gasteiger partial charge in [-0.15, -0.1) is 0 Å². The fraction of sp³-hybridized carbons (Fsp3) is 0.353. The highest BCUT2D eigenvalue weighted by Gasteiger charge is 2.02. The molecule has 2 rings (SSSR count). The molecule has 4 nitrogen and oxygen atoms in total. The van der Waals surface area contributed by atoms with Crippen LogP contribution >= 0.6 is 0 Å². The molecule has 0 saturated carbocycles. The number of nitrogens with zero attached hydrogens (tertiary/aromatic N) is 2. The van der Waals surface area contributed by atoms with Gasteiger partial charge in [-0.1, -0.05) is 18.9 Å². The zero-order chi connectivity index (χ0) is 14.9. The second kappa shape index (κ2) is 8.15. The van der Waals surface area contributed by atoms with Crippen LogP contribution in [-0.4, -0.2) is 21.0 Å². The Bertz CT molecular complexity index is 570. The van der Waals surface area contributed by atoms with Crippen molar-refractivity contribution in [3.63, 3.8) is 0 Å². The van der Waals surface area contributed by atoms with Crippen LogP contribution in [0.1, 0.15) is 37.7 Å². The molecule has 0 fully saturated rings. The van der Waals surface area contributed by atoms with Crippen LogP contribution in [0.15, 0.2) is 42.7 Å². The summed E-state index contributed by atoms with van der Waals surface area (Å²) in [6.07, 6.45) is 8.75. The van der Waals surface area contributed by atoms with Crippen molar-refractivity contribution >= 4 is 5.97 Å². The minimum Gasteiger partial charge on any atom is -0.481 e. The molecule has 110 valence electrons. The van der Waals surface area contributed by atoms with Gasteiger partial charge in [0.15, 0.2) is 0 Å². The second-order valence-electron chi connectivity index (χ2n) is 5.07. The van der Waals surface area contributed by atoms with Gasteiger partial charge < -0.3 is 5.11 Å². The smallest absolute Gasteiger partial charge is 0.303 e. The Labute approximate surface area is 124 Å². The molecule has 0 atom stereocenters. The van der Waals surface area contributed by atoms with Gasteiger partial charge in [0, 0.05) is 18.8 Å². The average molecular weight is 284 g/mol. The fourth-order valence-corrected chi connectivity index (χ4v) is 2.24. The Morgan fingerprint density at radius 2 is 1.76 bits per heavy atom. The number of hydrogen-bond acceptors (Lipinski definition) is 3. The van der Waals surface area contributed by atoms with Crippen molar-refractivity contribution in [2.75, 3.05) is 0 Å². The van der Waals surface area contributed by atoms with Gasteiger partial charge in [0.1, 0.15) is 0 Å². The van der Waals surface area contributed by atoms with Gasteiger partial charge in [0.2, 0.25) is 0 Å². The third-order valence-electron chi connectivity index (χ3n) is 3.36. The fourth-order valence-electron chi connectivity index (χ4n) is 2.24. The summed E-state index contributed by atoms with van der Waals surface area (Å²) in [6, 6.07) is 9.92. The minimum atomic E-state index is -0.705. The quantitative estimate of drug-likeness (QED) is 0.750. The maximum atomic E-state index is 10.4. The molecule has 0 spiro atoms. The highest BCUT2D eigenvalue weighted by molar-refractivity contribution is 5.66. The lowest BCUT2D eigenvalue weighted by molar-refractivity contribution is -0.137. The van der Waals surface area contributed by atoms with Crippen molar-refractivity contribution in [3.05, 3.63) is 48.3 Å². The van der Waals surface area contributed by atoms with Gasteiger partial charge in [-0.3, -0.25) is 14.8 Å². The lowest BCUT2D eigenvalue weighted by Crippen LogP contribution is -1.94. The first kappa shape index (κ1) is 15.2. The maximum Gasteiger partial charge on any atom is 0.303 e. The molecule has 4 heteroatoms. The molecule has 2 aromatic heterocycles. The predicted octanol–water partition coefficient (Wildman–Crippen LogP) is 3.72. The molecule has 0 aliphatic carbocycles. The number of aryl methyl sites for hydroxylation is 1. The summed E-state index contributed by atoms with van der Waals surface area (Å²) in [7, 11) is 0. The average Bonchev–Trinajstić information content (AvgIpc) is 2.52. The van der Waals surface area contributed by atoms with Crippen molar-refractivity contribution < 1.29 is 9.90 Å². The van der Waals surface area contributed by atoms with Gasteiger partial charge in [-0.2, -0.15) is 0 Å². The van der Waals surface area contributed by atoms with Gasteiger partial charge >= 0.3 is 5.97 Å². The van der Waals surface area contributed by atoms with E-state index in [2.05, 4.69) is 16.0 Å². The number of rotatable bonds is 8. The van der Waals surface area contributed by atoms with Crippen LogP contribution in [0.3, 0.4) is 0 Å². The molecule has 0 radical (unpaired) electrons. The highest BCUT2D eigenvalue weighted by Crippen LogP contribution is 2.16. The molecule has 0 unspecified atom stereocenters. The van der Waals surface area contributed by atoms with Gasteiger partial charge in [0.05, 0.1) is 11.4 Å². The monoisotopic (exact) mass is 284 g/mol. The third kappa shape index (κ3) is 5.34. The summed E-state index contributed by atoms with van der Waals surface area (Å²) in [5.74, 6) is -0.705. The lowest BCUT2D eigenvalue weighted by atomic mass is 10.0. The summed E-state index contributed by atoms with van der Waals surface area (Å²) in [5.41, 5.74) is 3.05. The van der Waals surface area contributed by atoms with Gasteiger partial charge in [0.25, 0.3) is 0 Å². The van der Waals surface area contributed by atoms with E-state index in [4.69, 9.17) is 5.11 Å². The van der Waals surface area contributed by atoms with Crippen LogP contribution in [0, 0.1) is 0 Å². The Morgan fingerprint density at radius 1 is 0.952 bits per heavy atom. The molecule has 0 aromatic carbocycles. The van der Waals surface area contributed by atoms with Crippen molar-refractivity contribution in [1.29, 1.82) is 0 Å². The minimum absolute atomic E-state index is 0.277. The largest absolute Gasteiger partial charge is 0.481 e. The molecule has 1 N–H and O–H groups in total. The summed E-state index contributed by atoms with van der Waals surface area (Å²) < 4.78 is 0. The number of pyridine rings is 2. The molecular weight excluding hydrogens is 264 g/mol. The van der Waals surface area contributed by atoms with E-state index in [0.717, 1.165) is 43.5 Å². The molecule has 21 heavy (non-hydrogen) atoms. The van der Waals surface area contributed by atoms with E-state index in [9.17, 15) is 4.79 Å². The van der Waals surface area contributed by atoms with Crippen molar-refractivity contribution in [3.8, 4) is 11.4 Å². The van der Waals surface area contributed by atoms with Crippen LogP contribution in [0.4, 0.5) is 0 Å². The third-order valence-corrected chi connectivity index (χ3v) is 3.36. The Morgan fingerprint density at radius 3 is 2.52 bits per heavy atom. The van der Waals surface area contributed by atoms with E-state index in [1.54, 1.807) is 6.20 Å². The van der Waals surface area contributed by atoms with Crippen molar-refractivity contribution in [2.45, 2.75) is 38.5 Å². The number of aliphatic carboxylic acids is 1. The summed E-state index contributed by atoms with van der Waals surface area (Å²) in [5, 5.41) is 8.57.